The second kappa shape index (κ2) is 12.4. The topological polar surface area (TPSA) is 65.1 Å². The van der Waals surface area contributed by atoms with Crippen molar-refractivity contribution >= 4 is 40.6 Å². The summed E-state index contributed by atoms with van der Waals surface area (Å²) in [5, 5.41) is 0.316. The lowest BCUT2D eigenvalue weighted by Crippen LogP contribution is -2.32. The summed E-state index contributed by atoms with van der Waals surface area (Å²) in [6.45, 7) is 6.86. The largest absolute Gasteiger partial charge is 0.493 e. The van der Waals surface area contributed by atoms with E-state index >= 15 is 0 Å². The van der Waals surface area contributed by atoms with Gasteiger partial charge in [0.15, 0.2) is 11.5 Å². The Morgan fingerprint density at radius 1 is 1.00 bits per heavy atom. The van der Waals surface area contributed by atoms with E-state index in [1.54, 1.807) is 31.4 Å². The smallest absolute Gasteiger partial charge is 0.293 e. The minimum atomic E-state index is -0.358. The van der Waals surface area contributed by atoms with Gasteiger partial charge in [-0.1, -0.05) is 61.8 Å². The van der Waals surface area contributed by atoms with Crippen molar-refractivity contribution in [3.05, 3.63) is 92.8 Å². The molecule has 1 fully saturated rings. The number of thioether (sulfide) groups is 1. The van der Waals surface area contributed by atoms with Crippen molar-refractivity contribution in [1.29, 1.82) is 0 Å². The van der Waals surface area contributed by atoms with Crippen molar-refractivity contribution in [2.75, 3.05) is 20.3 Å². The van der Waals surface area contributed by atoms with Crippen LogP contribution in [0.3, 0.4) is 0 Å². The van der Waals surface area contributed by atoms with Crippen LogP contribution in [0.1, 0.15) is 42.0 Å². The van der Waals surface area contributed by atoms with Crippen LogP contribution in [0, 0.1) is 6.92 Å². The van der Waals surface area contributed by atoms with Gasteiger partial charge in [-0.2, -0.15) is 0 Å². The van der Waals surface area contributed by atoms with E-state index in [0.717, 1.165) is 34.2 Å². The number of ether oxygens (including phenoxy) is 3. The maximum Gasteiger partial charge on any atom is 0.293 e. The zero-order valence-corrected chi connectivity index (χ0v) is 23.4. The first kappa shape index (κ1) is 27.6. The zero-order chi connectivity index (χ0) is 27.2. The molecule has 4 rings (SSSR count). The molecule has 0 spiro atoms. The third-order valence-corrected chi connectivity index (χ3v) is 7.21. The fourth-order valence-electron chi connectivity index (χ4n) is 4.02. The van der Waals surface area contributed by atoms with Crippen molar-refractivity contribution in [2.24, 2.45) is 0 Å². The number of amides is 2. The molecular weight excluding hydrogens is 522 g/mol. The summed E-state index contributed by atoms with van der Waals surface area (Å²) in [4.78, 5) is 27.4. The van der Waals surface area contributed by atoms with Gasteiger partial charge in [-0.25, -0.2) is 0 Å². The summed E-state index contributed by atoms with van der Waals surface area (Å²) in [6.07, 6.45) is 1.67. The van der Waals surface area contributed by atoms with E-state index in [-0.39, 0.29) is 30.9 Å². The number of nitrogens with zero attached hydrogens (tertiary/aromatic N) is 1. The van der Waals surface area contributed by atoms with Crippen LogP contribution in [0.25, 0.3) is 6.08 Å². The third kappa shape index (κ3) is 6.52. The number of aryl methyl sites for hydroxylation is 1. The number of carbonyl (C=O) groups excluding carboxylic acids is 2. The molecule has 1 aliphatic heterocycles. The SMILES string of the molecule is COc1cccc(/C=C2\SC(=O)N(CCOc3cc(C)ccc3C(C)C)C2=O)c1OCc1ccc(Cl)cc1. The standard InChI is InChI=1S/C30H30ClNO5S/c1-19(2)24-13-8-20(3)16-26(24)36-15-14-32-29(33)27(38-30(32)34)17-22-6-5-7-25(35-4)28(22)37-18-21-9-11-23(31)12-10-21/h5-13,16-17,19H,14-15,18H2,1-4H3/b27-17-. The number of hydrogen-bond donors (Lipinski definition) is 0. The van der Waals surface area contributed by atoms with E-state index in [1.807, 2.05) is 37.3 Å². The van der Waals surface area contributed by atoms with E-state index in [0.29, 0.717) is 32.9 Å². The number of rotatable bonds is 10. The van der Waals surface area contributed by atoms with Crippen LogP contribution in [-0.2, 0) is 11.4 Å². The van der Waals surface area contributed by atoms with Gasteiger partial charge in [-0.15, -0.1) is 0 Å². The van der Waals surface area contributed by atoms with Crippen molar-refractivity contribution in [1.82, 2.24) is 4.90 Å². The molecule has 1 saturated heterocycles. The zero-order valence-electron chi connectivity index (χ0n) is 21.8. The van der Waals surface area contributed by atoms with E-state index in [4.69, 9.17) is 25.8 Å². The molecule has 1 heterocycles. The minimum Gasteiger partial charge on any atom is -0.493 e. The molecule has 3 aromatic rings. The number of hydrogen-bond acceptors (Lipinski definition) is 6. The highest BCUT2D eigenvalue weighted by Gasteiger charge is 2.35. The monoisotopic (exact) mass is 551 g/mol. The lowest BCUT2D eigenvalue weighted by atomic mass is 10.0. The van der Waals surface area contributed by atoms with Crippen molar-refractivity contribution in [3.8, 4) is 17.2 Å². The van der Waals surface area contributed by atoms with Gasteiger partial charge in [0.1, 0.15) is 19.0 Å². The van der Waals surface area contributed by atoms with Crippen LogP contribution in [-0.4, -0.2) is 36.3 Å². The average molecular weight is 552 g/mol. The van der Waals surface area contributed by atoms with Gasteiger partial charge in [-0.05, 0) is 71.6 Å². The summed E-state index contributed by atoms with van der Waals surface area (Å²) >= 11 is 6.88. The summed E-state index contributed by atoms with van der Waals surface area (Å²) in [7, 11) is 1.56. The van der Waals surface area contributed by atoms with Crippen molar-refractivity contribution < 1.29 is 23.8 Å². The van der Waals surface area contributed by atoms with Gasteiger partial charge in [0, 0.05) is 10.6 Å². The van der Waals surface area contributed by atoms with E-state index in [2.05, 4.69) is 26.0 Å². The predicted octanol–water partition coefficient (Wildman–Crippen LogP) is 7.47. The molecule has 3 aromatic carbocycles. The first-order valence-corrected chi connectivity index (χ1v) is 13.5. The van der Waals surface area contributed by atoms with Gasteiger partial charge in [0.05, 0.1) is 18.6 Å². The Morgan fingerprint density at radius 2 is 1.76 bits per heavy atom. The number of benzene rings is 3. The molecule has 198 valence electrons. The Bertz CT molecular complexity index is 1350. The highest BCUT2D eigenvalue weighted by atomic mass is 35.5. The molecule has 38 heavy (non-hydrogen) atoms. The number of imide groups is 1. The van der Waals surface area contributed by atoms with Crippen molar-refractivity contribution in [2.45, 2.75) is 33.3 Å². The molecule has 8 heteroatoms. The van der Waals surface area contributed by atoms with Crippen LogP contribution in [0.2, 0.25) is 5.02 Å². The molecule has 0 atom stereocenters. The molecule has 0 saturated carbocycles. The lowest BCUT2D eigenvalue weighted by Gasteiger charge is -2.17. The van der Waals surface area contributed by atoms with Crippen molar-refractivity contribution in [3.63, 3.8) is 0 Å². The summed E-state index contributed by atoms with van der Waals surface area (Å²) in [5.74, 6) is 1.73. The van der Waals surface area contributed by atoms with E-state index in [1.165, 1.54) is 4.90 Å². The molecule has 6 nitrogen and oxygen atoms in total. The molecule has 0 unspecified atom stereocenters. The van der Waals surface area contributed by atoms with Crippen LogP contribution >= 0.6 is 23.4 Å². The van der Waals surface area contributed by atoms with Crippen LogP contribution < -0.4 is 14.2 Å². The minimum absolute atomic E-state index is 0.158. The first-order chi connectivity index (χ1) is 18.3. The molecule has 0 radical (unpaired) electrons. The maximum absolute atomic E-state index is 13.1. The molecule has 0 aliphatic carbocycles. The van der Waals surface area contributed by atoms with Crippen LogP contribution in [0.4, 0.5) is 4.79 Å². The van der Waals surface area contributed by atoms with E-state index < -0.39 is 0 Å². The first-order valence-electron chi connectivity index (χ1n) is 12.3. The quantitative estimate of drug-likeness (QED) is 0.243. The van der Waals surface area contributed by atoms with Crippen LogP contribution in [0.15, 0.2) is 65.6 Å². The van der Waals surface area contributed by atoms with Gasteiger partial charge in [-0.3, -0.25) is 14.5 Å². The van der Waals surface area contributed by atoms with Gasteiger partial charge < -0.3 is 14.2 Å². The number of para-hydroxylation sites is 1. The molecular formula is C30H30ClNO5S. The third-order valence-electron chi connectivity index (χ3n) is 6.05. The second-order valence-corrected chi connectivity index (χ2v) is 10.6. The Hall–Kier alpha value is -3.42. The molecule has 0 N–H and O–H groups in total. The molecule has 0 bridgehead atoms. The Morgan fingerprint density at radius 3 is 2.47 bits per heavy atom. The molecule has 2 amide bonds. The highest BCUT2D eigenvalue weighted by Crippen LogP contribution is 2.38. The van der Waals surface area contributed by atoms with Gasteiger partial charge in [0.25, 0.3) is 11.1 Å². The number of carbonyl (C=O) groups is 2. The van der Waals surface area contributed by atoms with Gasteiger partial charge in [0.2, 0.25) is 0 Å². The summed E-state index contributed by atoms with van der Waals surface area (Å²) < 4.78 is 17.6. The Labute approximate surface area is 232 Å². The lowest BCUT2D eigenvalue weighted by molar-refractivity contribution is -0.123. The highest BCUT2D eigenvalue weighted by molar-refractivity contribution is 8.18. The van der Waals surface area contributed by atoms with Gasteiger partial charge >= 0.3 is 0 Å². The Balaban J connectivity index is 1.48. The Kier molecular flexibility index (Phi) is 9.02. The molecule has 1 aliphatic rings. The summed E-state index contributed by atoms with van der Waals surface area (Å²) in [6, 6.07) is 18.9. The number of methoxy groups -OCH3 is 1. The predicted molar refractivity (Wildman–Crippen MR) is 152 cm³/mol. The normalized spacial score (nSPS) is 14.5. The fourth-order valence-corrected chi connectivity index (χ4v) is 5.00. The van der Waals surface area contributed by atoms with E-state index in [9.17, 15) is 9.59 Å². The summed E-state index contributed by atoms with van der Waals surface area (Å²) in [5.41, 5.74) is 3.75. The fraction of sp³-hybridized carbons (Fsp3) is 0.267. The second-order valence-electron chi connectivity index (χ2n) is 9.17. The maximum atomic E-state index is 13.1. The number of halogens is 1. The van der Waals surface area contributed by atoms with Crippen LogP contribution in [0.5, 0.6) is 17.2 Å². The molecule has 0 aromatic heterocycles. The average Bonchev–Trinajstić information content (AvgIpc) is 3.16.